The van der Waals surface area contributed by atoms with Crippen LogP contribution in [0.4, 0.5) is 14.9 Å². The van der Waals surface area contributed by atoms with Crippen LogP contribution in [0.2, 0.25) is 0 Å². The van der Waals surface area contributed by atoms with Crippen molar-refractivity contribution in [3.63, 3.8) is 0 Å². The molecule has 0 saturated carbocycles. The quantitative estimate of drug-likeness (QED) is 0.648. The van der Waals surface area contributed by atoms with Crippen molar-refractivity contribution in [2.45, 2.75) is 39.3 Å². The minimum Gasteiger partial charge on any atom is -0.467 e. The first-order valence-electron chi connectivity index (χ1n) is 9.85. The highest BCUT2D eigenvalue weighted by Crippen LogP contribution is 2.29. The number of hydrogen-bond donors (Lipinski definition) is 3. The third-order valence-corrected chi connectivity index (χ3v) is 4.46. The Morgan fingerprint density at radius 2 is 1.93 bits per heavy atom. The zero-order valence-corrected chi connectivity index (χ0v) is 17.1. The van der Waals surface area contributed by atoms with Gasteiger partial charge in [0.1, 0.15) is 11.6 Å². The van der Waals surface area contributed by atoms with Crippen molar-refractivity contribution >= 4 is 17.6 Å². The Balaban J connectivity index is 1.47. The Morgan fingerprint density at radius 3 is 2.67 bits per heavy atom. The van der Waals surface area contributed by atoms with E-state index in [2.05, 4.69) is 16.0 Å². The van der Waals surface area contributed by atoms with Gasteiger partial charge in [-0.15, -0.1) is 0 Å². The predicted molar refractivity (Wildman–Crippen MR) is 111 cm³/mol. The summed E-state index contributed by atoms with van der Waals surface area (Å²) in [5.74, 6) is 0.227. The first kappa shape index (κ1) is 21.6. The van der Waals surface area contributed by atoms with E-state index in [9.17, 15) is 14.0 Å². The van der Waals surface area contributed by atoms with Gasteiger partial charge in [-0.25, -0.2) is 9.18 Å². The number of fused-ring (bicyclic) bond motifs is 1. The Bertz CT molecular complexity index is 900. The number of amides is 3. The largest absolute Gasteiger partial charge is 0.467 e. The number of anilines is 1. The lowest BCUT2D eigenvalue weighted by atomic mass is 10.1. The van der Waals surface area contributed by atoms with Crippen LogP contribution < -0.4 is 20.7 Å². The smallest absolute Gasteiger partial charge is 0.319 e. The van der Waals surface area contributed by atoms with Gasteiger partial charge in [-0.3, -0.25) is 4.79 Å². The van der Waals surface area contributed by atoms with Crippen molar-refractivity contribution in [3.05, 3.63) is 58.9 Å². The average Bonchev–Trinajstić information content (AvgIpc) is 2.68. The van der Waals surface area contributed by atoms with Crippen LogP contribution in [0.15, 0.2) is 36.4 Å². The number of ether oxygens (including phenoxy) is 2. The van der Waals surface area contributed by atoms with Gasteiger partial charge in [-0.1, -0.05) is 12.1 Å². The minimum absolute atomic E-state index is 0.0430. The average molecular weight is 415 g/mol. The van der Waals surface area contributed by atoms with Gasteiger partial charge in [0.2, 0.25) is 5.91 Å². The molecule has 1 heterocycles. The van der Waals surface area contributed by atoms with Gasteiger partial charge >= 0.3 is 6.03 Å². The summed E-state index contributed by atoms with van der Waals surface area (Å²) in [4.78, 5) is 23.9. The first-order chi connectivity index (χ1) is 14.4. The zero-order chi connectivity index (χ0) is 21.5. The van der Waals surface area contributed by atoms with Gasteiger partial charge in [0, 0.05) is 23.8 Å². The molecule has 0 unspecified atom stereocenters. The van der Waals surface area contributed by atoms with Crippen molar-refractivity contribution in [2.24, 2.45) is 0 Å². The summed E-state index contributed by atoms with van der Waals surface area (Å²) in [6.07, 6.45) is 0.715. The van der Waals surface area contributed by atoms with Gasteiger partial charge in [-0.2, -0.15) is 0 Å². The maximum Gasteiger partial charge on any atom is 0.319 e. The molecule has 3 rings (SSSR count). The molecular weight excluding hydrogens is 389 g/mol. The number of hydrogen-bond acceptors (Lipinski definition) is 4. The molecule has 2 aromatic carbocycles. The molecule has 2 aromatic rings. The van der Waals surface area contributed by atoms with Gasteiger partial charge in [0.25, 0.3) is 0 Å². The zero-order valence-electron chi connectivity index (χ0n) is 17.1. The lowest BCUT2D eigenvalue weighted by Crippen LogP contribution is -2.31. The van der Waals surface area contributed by atoms with Crippen LogP contribution in [0.1, 0.15) is 30.5 Å². The maximum absolute atomic E-state index is 13.8. The highest BCUT2D eigenvalue weighted by Gasteiger charge is 2.17. The number of benzene rings is 2. The van der Waals surface area contributed by atoms with E-state index in [0.717, 1.165) is 5.56 Å². The molecule has 0 atom stereocenters. The molecule has 0 bridgehead atoms. The summed E-state index contributed by atoms with van der Waals surface area (Å²) in [6.45, 7) is 4.58. The molecule has 30 heavy (non-hydrogen) atoms. The molecule has 0 radical (unpaired) electrons. The van der Waals surface area contributed by atoms with Crippen LogP contribution in [0.5, 0.6) is 5.75 Å². The molecule has 160 valence electrons. The lowest BCUT2D eigenvalue weighted by molar-refractivity contribution is -0.120. The molecular formula is C22H26FN3O4. The third-order valence-electron chi connectivity index (χ3n) is 4.46. The molecule has 0 aromatic heterocycles. The summed E-state index contributed by atoms with van der Waals surface area (Å²) in [6, 6.07) is 9.63. The second kappa shape index (κ2) is 10.1. The third kappa shape index (κ3) is 6.18. The molecule has 0 aliphatic carbocycles. The Hall–Kier alpha value is -3.13. The summed E-state index contributed by atoms with van der Waals surface area (Å²) in [5, 5.41) is 8.33. The van der Waals surface area contributed by atoms with Crippen LogP contribution in [0.3, 0.4) is 0 Å². The van der Waals surface area contributed by atoms with Gasteiger partial charge in [-0.05, 0) is 55.7 Å². The fourth-order valence-corrected chi connectivity index (χ4v) is 3.19. The fraction of sp³-hybridized carbons (Fsp3) is 0.364. The highest BCUT2D eigenvalue weighted by molar-refractivity contribution is 5.89. The number of rotatable bonds is 7. The highest BCUT2D eigenvalue weighted by atomic mass is 19.1. The van der Waals surface area contributed by atoms with E-state index < -0.39 is 0 Å². The maximum atomic E-state index is 13.8. The van der Waals surface area contributed by atoms with E-state index >= 15 is 0 Å². The van der Waals surface area contributed by atoms with Crippen LogP contribution in [-0.4, -0.2) is 31.3 Å². The summed E-state index contributed by atoms with van der Waals surface area (Å²) < 4.78 is 24.4. The van der Waals surface area contributed by atoms with E-state index in [4.69, 9.17) is 9.47 Å². The van der Waals surface area contributed by atoms with Crippen LogP contribution in [-0.2, 0) is 29.0 Å². The van der Waals surface area contributed by atoms with E-state index in [0.29, 0.717) is 42.1 Å². The molecule has 3 N–H and O–H groups in total. The van der Waals surface area contributed by atoms with Gasteiger partial charge < -0.3 is 25.4 Å². The number of carbonyl (C=O) groups is 2. The second-order valence-corrected chi connectivity index (χ2v) is 7.39. The molecule has 7 nitrogen and oxygen atoms in total. The van der Waals surface area contributed by atoms with Crippen LogP contribution >= 0.6 is 0 Å². The normalized spacial score (nSPS) is 12.7. The molecule has 0 spiro atoms. The number of carbonyl (C=O) groups excluding carboxylic acids is 2. The van der Waals surface area contributed by atoms with Gasteiger partial charge in [0.05, 0.1) is 13.0 Å². The van der Waals surface area contributed by atoms with Crippen LogP contribution in [0.25, 0.3) is 0 Å². The molecule has 1 aliphatic heterocycles. The standard InChI is InChI=1S/C22H26FN3O4/c1-14(2)25-20(27)9-15-3-5-19(6-4-15)26-22(28)24-8-7-16-10-18(23)11-17-12-29-13-30-21(16)17/h3-6,10-11,14H,7-9,12-13H2,1-2H3,(H,25,27)(H2,24,26,28). The van der Waals surface area contributed by atoms with E-state index in [1.54, 1.807) is 24.3 Å². The molecule has 3 amide bonds. The number of urea groups is 1. The second-order valence-electron chi connectivity index (χ2n) is 7.39. The van der Waals surface area contributed by atoms with E-state index in [1.807, 2.05) is 13.8 Å². The SMILES string of the molecule is CC(C)NC(=O)Cc1ccc(NC(=O)NCCc2cc(F)cc3c2OCOC3)cc1. The summed E-state index contributed by atoms with van der Waals surface area (Å²) >= 11 is 0. The van der Waals surface area contributed by atoms with E-state index in [-0.39, 0.29) is 37.0 Å². The molecule has 1 aliphatic rings. The van der Waals surface area contributed by atoms with Gasteiger partial charge in [0.15, 0.2) is 6.79 Å². The van der Waals surface area contributed by atoms with Crippen LogP contribution in [0, 0.1) is 5.82 Å². The van der Waals surface area contributed by atoms with Crippen molar-refractivity contribution in [3.8, 4) is 5.75 Å². The predicted octanol–water partition coefficient (Wildman–Crippen LogP) is 3.12. The van der Waals surface area contributed by atoms with Crippen molar-refractivity contribution in [1.82, 2.24) is 10.6 Å². The molecule has 8 heteroatoms. The number of halogens is 1. The van der Waals surface area contributed by atoms with Crippen molar-refractivity contribution < 1.29 is 23.5 Å². The molecule has 0 fully saturated rings. The Labute approximate surface area is 174 Å². The summed E-state index contributed by atoms with van der Waals surface area (Å²) in [7, 11) is 0. The Kier molecular flexibility index (Phi) is 7.24. The van der Waals surface area contributed by atoms with Crippen molar-refractivity contribution in [2.75, 3.05) is 18.7 Å². The minimum atomic E-state index is -0.366. The topological polar surface area (TPSA) is 88.7 Å². The first-order valence-corrected chi connectivity index (χ1v) is 9.85. The van der Waals surface area contributed by atoms with Crippen molar-refractivity contribution in [1.29, 1.82) is 0 Å². The fourth-order valence-electron chi connectivity index (χ4n) is 3.19. The number of nitrogens with one attached hydrogen (secondary N) is 3. The summed E-state index contributed by atoms with van der Waals surface area (Å²) in [5.41, 5.74) is 2.84. The molecule has 0 saturated heterocycles. The lowest BCUT2D eigenvalue weighted by Gasteiger charge is -2.21. The van der Waals surface area contributed by atoms with E-state index in [1.165, 1.54) is 12.1 Å². The monoisotopic (exact) mass is 415 g/mol. The Morgan fingerprint density at radius 1 is 1.17 bits per heavy atom.